The van der Waals surface area contributed by atoms with E-state index >= 15 is 0 Å². The molecule has 3 heteroatoms. The van der Waals surface area contributed by atoms with Crippen molar-refractivity contribution < 1.29 is 9.90 Å². The molecule has 0 amide bonds. The van der Waals surface area contributed by atoms with Crippen LogP contribution in [0.3, 0.4) is 0 Å². The van der Waals surface area contributed by atoms with Gasteiger partial charge in [-0.1, -0.05) is 6.42 Å². The Labute approximate surface area is 108 Å². The third kappa shape index (κ3) is 2.91. The number of carbonyl (C=O) groups excluding carboxylic acids is 1. The van der Waals surface area contributed by atoms with Crippen LogP contribution in [0.5, 0.6) is 5.75 Å². The molecule has 1 heterocycles. The van der Waals surface area contributed by atoms with Crippen LogP contribution < -0.4 is 0 Å². The van der Waals surface area contributed by atoms with E-state index in [-0.39, 0.29) is 11.5 Å². The summed E-state index contributed by atoms with van der Waals surface area (Å²) in [5.74, 6) is 0.335. The van der Waals surface area contributed by atoms with Crippen LogP contribution in [-0.4, -0.2) is 34.4 Å². The maximum atomic E-state index is 12.2. The smallest absolute Gasteiger partial charge is 0.176 e. The molecule has 0 saturated carbocycles. The highest BCUT2D eigenvalue weighted by molar-refractivity contribution is 5.97. The number of ketones is 1. The Hall–Kier alpha value is -1.35. The molecular formula is C15H21NO2. The second kappa shape index (κ2) is 5.53. The Balaban J connectivity index is 2.04. The summed E-state index contributed by atoms with van der Waals surface area (Å²) in [5.41, 5.74) is 0.678. The van der Waals surface area contributed by atoms with Gasteiger partial charge in [-0.05, 0) is 51.0 Å². The quantitative estimate of drug-likeness (QED) is 0.835. The minimum Gasteiger partial charge on any atom is -0.508 e. The highest BCUT2D eigenvalue weighted by Gasteiger charge is 2.26. The van der Waals surface area contributed by atoms with Gasteiger partial charge in [-0.3, -0.25) is 9.69 Å². The van der Waals surface area contributed by atoms with Gasteiger partial charge in [-0.15, -0.1) is 0 Å². The third-order valence-corrected chi connectivity index (χ3v) is 3.89. The van der Waals surface area contributed by atoms with Gasteiger partial charge in [0.05, 0.1) is 6.54 Å². The normalized spacial score (nSPS) is 25.0. The highest BCUT2D eigenvalue weighted by Crippen LogP contribution is 2.22. The van der Waals surface area contributed by atoms with Crippen LogP contribution in [0.15, 0.2) is 24.3 Å². The molecule has 0 aliphatic carbocycles. The zero-order chi connectivity index (χ0) is 13.1. The molecule has 1 aromatic carbocycles. The molecule has 0 bridgehead atoms. The molecule has 1 N–H and O–H groups in total. The number of phenolic OH excluding ortho intramolecular Hbond substituents is 1. The van der Waals surface area contributed by atoms with Gasteiger partial charge in [0.25, 0.3) is 0 Å². The van der Waals surface area contributed by atoms with E-state index in [1.165, 1.54) is 19.3 Å². The summed E-state index contributed by atoms with van der Waals surface area (Å²) in [4.78, 5) is 14.5. The van der Waals surface area contributed by atoms with Crippen LogP contribution in [-0.2, 0) is 0 Å². The molecule has 3 nitrogen and oxygen atoms in total. The number of piperidine rings is 1. The molecule has 1 aliphatic heterocycles. The minimum atomic E-state index is 0.135. The number of hydrogen-bond acceptors (Lipinski definition) is 3. The zero-order valence-electron chi connectivity index (χ0n) is 11.1. The first kappa shape index (κ1) is 13.1. The predicted octanol–water partition coefficient (Wildman–Crippen LogP) is 2.84. The molecule has 0 unspecified atom stereocenters. The number of benzene rings is 1. The summed E-state index contributed by atoms with van der Waals surface area (Å²) in [6, 6.07) is 7.48. The fraction of sp³-hybridized carbons (Fsp3) is 0.533. The van der Waals surface area contributed by atoms with E-state index in [0.29, 0.717) is 24.2 Å². The summed E-state index contributed by atoms with van der Waals surface area (Å²) < 4.78 is 0. The second-order valence-electron chi connectivity index (χ2n) is 5.27. The van der Waals surface area contributed by atoms with E-state index in [1.54, 1.807) is 24.3 Å². The van der Waals surface area contributed by atoms with E-state index in [9.17, 15) is 9.90 Å². The van der Waals surface area contributed by atoms with Crippen molar-refractivity contribution in [3.8, 4) is 5.75 Å². The number of carbonyl (C=O) groups is 1. The second-order valence-corrected chi connectivity index (χ2v) is 5.27. The molecule has 2 rings (SSSR count). The molecule has 0 spiro atoms. The summed E-state index contributed by atoms with van der Waals surface area (Å²) in [6.07, 6.45) is 3.60. The van der Waals surface area contributed by atoms with Crippen molar-refractivity contribution in [2.75, 3.05) is 6.54 Å². The number of aromatic hydroxyl groups is 1. The molecular weight excluding hydrogens is 226 g/mol. The maximum Gasteiger partial charge on any atom is 0.176 e. The first-order valence-electron chi connectivity index (χ1n) is 6.66. The van der Waals surface area contributed by atoms with Gasteiger partial charge in [0.1, 0.15) is 5.75 Å². The molecule has 98 valence electrons. The summed E-state index contributed by atoms with van der Waals surface area (Å²) in [6.45, 7) is 4.87. The van der Waals surface area contributed by atoms with Crippen LogP contribution in [0.25, 0.3) is 0 Å². The lowest BCUT2D eigenvalue weighted by Gasteiger charge is -2.38. The van der Waals surface area contributed by atoms with Crippen molar-refractivity contribution in [2.24, 2.45) is 0 Å². The number of hydrogen-bond donors (Lipinski definition) is 1. The molecule has 1 saturated heterocycles. The fourth-order valence-corrected chi connectivity index (χ4v) is 2.69. The van der Waals surface area contributed by atoms with Crippen molar-refractivity contribution in [3.05, 3.63) is 29.8 Å². The topological polar surface area (TPSA) is 40.5 Å². The van der Waals surface area contributed by atoms with E-state index in [2.05, 4.69) is 18.7 Å². The number of phenols is 1. The Morgan fingerprint density at radius 2 is 1.78 bits per heavy atom. The Morgan fingerprint density at radius 1 is 1.22 bits per heavy atom. The number of Topliss-reactive ketones (excluding diaryl/α,β-unsaturated/α-hetero) is 1. The van der Waals surface area contributed by atoms with Gasteiger partial charge in [0.15, 0.2) is 5.78 Å². The SMILES string of the molecule is C[C@@H]1CCC[C@H](C)N1CC(=O)c1ccc(O)cc1. The monoisotopic (exact) mass is 247 g/mol. The first-order chi connectivity index (χ1) is 8.58. The van der Waals surface area contributed by atoms with Gasteiger partial charge >= 0.3 is 0 Å². The standard InChI is InChI=1S/C15H21NO2/c1-11-4-3-5-12(2)16(11)10-15(18)13-6-8-14(17)9-7-13/h6-9,11-12,17H,3-5,10H2,1-2H3/t11-,12+. The number of likely N-dealkylation sites (tertiary alicyclic amines) is 1. The summed E-state index contributed by atoms with van der Waals surface area (Å²) >= 11 is 0. The third-order valence-electron chi connectivity index (χ3n) is 3.89. The van der Waals surface area contributed by atoms with Crippen molar-refractivity contribution in [1.82, 2.24) is 4.90 Å². The van der Waals surface area contributed by atoms with Gasteiger partial charge in [0.2, 0.25) is 0 Å². The van der Waals surface area contributed by atoms with Crippen LogP contribution >= 0.6 is 0 Å². The Kier molecular flexibility index (Phi) is 4.02. The van der Waals surface area contributed by atoms with E-state index < -0.39 is 0 Å². The average Bonchev–Trinajstić information content (AvgIpc) is 2.34. The zero-order valence-corrected chi connectivity index (χ0v) is 11.1. The Morgan fingerprint density at radius 3 is 2.33 bits per heavy atom. The lowest BCUT2D eigenvalue weighted by molar-refractivity contribution is 0.0734. The highest BCUT2D eigenvalue weighted by atomic mass is 16.3. The minimum absolute atomic E-state index is 0.135. The van der Waals surface area contributed by atoms with Gasteiger partial charge in [-0.2, -0.15) is 0 Å². The lowest BCUT2D eigenvalue weighted by Crippen LogP contribution is -2.46. The first-order valence-corrected chi connectivity index (χ1v) is 6.66. The van der Waals surface area contributed by atoms with Crippen LogP contribution in [0.2, 0.25) is 0 Å². The van der Waals surface area contributed by atoms with E-state index in [4.69, 9.17) is 0 Å². The van der Waals surface area contributed by atoms with Crippen molar-refractivity contribution in [2.45, 2.75) is 45.2 Å². The molecule has 0 radical (unpaired) electrons. The Bertz CT molecular complexity index is 403. The van der Waals surface area contributed by atoms with E-state index in [0.717, 1.165) is 0 Å². The van der Waals surface area contributed by atoms with Crippen LogP contribution in [0, 0.1) is 0 Å². The average molecular weight is 247 g/mol. The molecule has 18 heavy (non-hydrogen) atoms. The van der Waals surface area contributed by atoms with Gasteiger partial charge in [0, 0.05) is 17.6 Å². The number of nitrogens with zero attached hydrogens (tertiary/aromatic N) is 1. The van der Waals surface area contributed by atoms with Crippen LogP contribution in [0.4, 0.5) is 0 Å². The fourth-order valence-electron chi connectivity index (χ4n) is 2.69. The lowest BCUT2D eigenvalue weighted by atomic mass is 9.96. The summed E-state index contributed by atoms with van der Waals surface area (Å²) in [5, 5.41) is 9.22. The van der Waals surface area contributed by atoms with E-state index in [1.807, 2.05) is 0 Å². The molecule has 1 aliphatic rings. The molecule has 1 aromatic rings. The number of rotatable bonds is 3. The van der Waals surface area contributed by atoms with Crippen molar-refractivity contribution >= 4 is 5.78 Å². The maximum absolute atomic E-state index is 12.2. The molecule has 1 fully saturated rings. The summed E-state index contributed by atoms with van der Waals surface area (Å²) in [7, 11) is 0. The van der Waals surface area contributed by atoms with Gasteiger partial charge < -0.3 is 5.11 Å². The molecule has 2 atom stereocenters. The van der Waals surface area contributed by atoms with Crippen molar-refractivity contribution in [1.29, 1.82) is 0 Å². The largest absolute Gasteiger partial charge is 0.508 e. The van der Waals surface area contributed by atoms with Crippen LogP contribution in [0.1, 0.15) is 43.5 Å². The predicted molar refractivity (Wildman–Crippen MR) is 71.9 cm³/mol. The molecule has 0 aromatic heterocycles. The van der Waals surface area contributed by atoms with Gasteiger partial charge in [-0.25, -0.2) is 0 Å². The van der Waals surface area contributed by atoms with Crippen molar-refractivity contribution in [3.63, 3.8) is 0 Å².